The number of aryl methyl sites for hydroxylation is 1. The molecule has 1 atom stereocenters. The first kappa shape index (κ1) is 18.4. The van der Waals surface area contributed by atoms with Crippen LogP contribution in [0.3, 0.4) is 0 Å². The quantitative estimate of drug-likeness (QED) is 0.690. The van der Waals surface area contributed by atoms with E-state index in [2.05, 4.69) is 22.4 Å². The third kappa shape index (κ3) is 4.59. The molecular weight excluding hydrogens is 346 g/mol. The van der Waals surface area contributed by atoms with Gasteiger partial charge >= 0.3 is 0 Å². The lowest BCUT2D eigenvalue weighted by atomic mass is 10.2. The highest BCUT2D eigenvalue weighted by Gasteiger charge is 2.20. The predicted molar refractivity (Wildman–Crippen MR) is 104 cm³/mol. The minimum absolute atomic E-state index is 0.0184. The van der Waals surface area contributed by atoms with Gasteiger partial charge in [0.05, 0.1) is 11.0 Å². The molecule has 26 heavy (non-hydrogen) atoms. The number of thiazole rings is 1. The third-order valence-electron chi connectivity index (χ3n) is 4.15. The molecule has 0 aliphatic rings. The fourth-order valence-corrected chi connectivity index (χ4v) is 3.53. The number of furan rings is 1. The largest absolute Gasteiger partial charge is 0.465 e. The molecule has 2 heterocycles. The monoisotopic (exact) mass is 369 g/mol. The molecule has 1 N–H and O–H groups in total. The van der Waals surface area contributed by atoms with E-state index in [9.17, 15) is 4.79 Å². The van der Waals surface area contributed by atoms with Crippen LogP contribution < -0.4 is 5.32 Å². The molecule has 1 unspecified atom stereocenters. The van der Waals surface area contributed by atoms with Gasteiger partial charge < -0.3 is 9.73 Å². The molecule has 0 bridgehead atoms. The van der Waals surface area contributed by atoms with E-state index in [0.717, 1.165) is 22.9 Å². The number of carbonyl (C=O) groups is 1. The van der Waals surface area contributed by atoms with Crippen molar-refractivity contribution in [2.75, 3.05) is 20.6 Å². The molecule has 6 heteroatoms. The first-order valence-electron chi connectivity index (χ1n) is 8.52. The van der Waals surface area contributed by atoms with Crippen LogP contribution in [0.1, 0.15) is 38.6 Å². The molecule has 136 valence electrons. The van der Waals surface area contributed by atoms with Crippen molar-refractivity contribution in [3.05, 3.63) is 75.6 Å². The van der Waals surface area contributed by atoms with Gasteiger partial charge in [0, 0.05) is 18.3 Å². The second kappa shape index (κ2) is 8.29. The zero-order valence-corrected chi connectivity index (χ0v) is 16.0. The Morgan fingerprint density at radius 2 is 2.00 bits per heavy atom. The van der Waals surface area contributed by atoms with Crippen molar-refractivity contribution in [1.82, 2.24) is 15.2 Å². The van der Waals surface area contributed by atoms with E-state index in [0.29, 0.717) is 12.2 Å². The van der Waals surface area contributed by atoms with E-state index in [1.165, 1.54) is 16.9 Å². The second-order valence-electron chi connectivity index (χ2n) is 6.43. The number of rotatable bonds is 7. The van der Waals surface area contributed by atoms with Crippen molar-refractivity contribution in [3.63, 3.8) is 0 Å². The minimum atomic E-state index is -0.157. The van der Waals surface area contributed by atoms with Gasteiger partial charge in [0.15, 0.2) is 0 Å². The van der Waals surface area contributed by atoms with Crippen LogP contribution in [0, 0.1) is 6.92 Å². The van der Waals surface area contributed by atoms with E-state index in [1.807, 2.05) is 61.6 Å². The lowest BCUT2D eigenvalue weighted by molar-refractivity contribution is 0.0934. The van der Waals surface area contributed by atoms with Crippen LogP contribution in [0.5, 0.6) is 0 Å². The molecule has 0 saturated heterocycles. The number of likely N-dealkylation sites (N-methyl/N-ethyl adjacent to an activating group) is 1. The van der Waals surface area contributed by atoms with Gasteiger partial charge in [-0.1, -0.05) is 30.3 Å². The van der Waals surface area contributed by atoms with Gasteiger partial charge in [-0.3, -0.25) is 9.69 Å². The predicted octanol–water partition coefficient (Wildman–Crippen LogP) is 3.67. The van der Waals surface area contributed by atoms with Crippen LogP contribution >= 0.6 is 11.3 Å². The average Bonchev–Trinajstić information content (AvgIpc) is 3.25. The van der Waals surface area contributed by atoms with Gasteiger partial charge in [-0.15, -0.1) is 11.3 Å². The molecule has 0 aliphatic heterocycles. The Balaban J connectivity index is 1.61. The molecule has 0 radical (unpaired) electrons. The standard InChI is InChI=1S/C20H23N3O2S/c1-14-9-10-18(25-14)17(23(2)3)12-21-20(24)16-13-26-19(22-16)11-15-7-5-4-6-8-15/h4-10,13,17H,11-12H2,1-3H3,(H,21,24). The Morgan fingerprint density at radius 3 is 2.65 bits per heavy atom. The number of hydrogen-bond donors (Lipinski definition) is 1. The molecular formula is C20H23N3O2S. The molecule has 3 rings (SSSR count). The van der Waals surface area contributed by atoms with E-state index < -0.39 is 0 Å². The Hall–Kier alpha value is -2.44. The topological polar surface area (TPSA) is 58.4 Å². The van der Waals surface area contributed by atoms with Crippen molar-refractivity contribution in [1.29, 1.82) is 0 Å². The zero-order chi connectivity index (χ0) is 18.5. The highest BCUT2D eigenvalue weighted by Crippen LogP contribution is 2.20. The first-order chi connectivity index (χ1) is 12.5. The van der Waals surface area contributed by atoms with Crippen molar-refractivity contribution < 1.29 is 9.21 Å². The highest BCUT2D eigenvalue weighted by molar-refractivity contribution is 7.09. The normalized spacial score (nSPS) is 12.3. The Bertz CT molecular complexity index is 855. The van der Waals surface area contributed by atoms with Gasteiger partial charge in [0.1, 0.15) is 17.2 Å². The highest BCUT2D eigenvalue weighted by atomic mass is 32.1. The summed E-state index contributed by atoms with van der Waals surface area (Å²) in [6.45, 7) is 2.38. The molecule has 5 nitrogen and oxygen atoms in total. The molecule has 0 aliphatic carbocycles. The number of carbonyl (C=O) groups excluding carboxylic acids is 1. The van der Waals surface area contributed by atoms with Crippen molar-refractivity contribution >= 4 is 17.2 Å². The number of amides is 1. The Kier molecular flexibility index (Phi) is 5.85. The minimum Gasteiger partial charge on any atom is -0.465 e. The first-order valence-corrected chi connectivity index (χ1v) is 9.40. The summed E-state index contributed by atoms with van der Waals surface area (Å²) < 4.78 is 5.71. The molecule has 0 spiro atoms. The average molecular weight is 369 g/mol. The molecule has 0 fully saturated rings. The summed E-state index contributed by atoms with van der Waals surface area (Å²) in [5.74, 6) is 1.55. The number of nitrogens with one attached hydrogen (secondary N) is 1. The van der Waals surface area contributed by atoms with Crippen molar-refractivity contribution in [3.8, 4) is 0 Å². The van der Waals surface area contributed by atoms with Crippen LogP contribution in [-0.4, -0.2) is 36.4 Å². The Labute approximate surface area is 157 Å². The maximum absolute atomic E-state index is 12.5. The van der Waals surface area contributed by atoms with Gasteiger partial charge in [-0.05, 0) is 38.7 Å². The molecule has 0 saturated carbocycles. The zero-order valence-electron chi connectivity index (χ0n) is 15.2. The number of hydrogen-bond acceptors (Lipinski definition) is 5. The summed E-state index contributed by atoms with van der Waals surface area (Å²) in [6.07, 6.45) is 0.741. The van der Waals surface area contributed by atoms with Gasteiger partial charge in [0.25, 0.3) is 5.91 Å². The summed E-state index contributed by atoms with van der Waals surface area (Å²) in [5, 5.41) is 5.72. The SMILES string of the molecule is Cc1ccc(C(CNC(=O)c2csc(Cc3ccccc3)n2)N(C)C)o1. The van der Waals surface area contributed by atoms with E-state index in [-0.39, 0.29) is 11.9 Å². The van der Waals surface area contributed by atoms with E-state index in [1.54, 1.807) is 0 Å². The van der Waals surface area contributed by atoms with E-state index in [4.69, 9.17) is 4.42 Å². The fraction of sp³-hybridized carbons (Fsp3) is 0.300. The van der Waals surface area contributed by atoms with Gasteiger partial charge in [-0.2, -0.15) is 0 Å². The maximum Gasteiger partial charge on any atom is 0.270 e. The summed E-state index contributed by atoms with van der Waals surface area (Å²) >= 11 is 1.51. The maximum atomic E-state index is 12.5. The van der Waals surface area contributed by atoms with Crippen LogP contribution in [-0.2, 0) is 6.42 Å². The van der Waals surface area contributed by atoms with Gasteiger partial charge in [-0.25, -0.2) is 4.98 Å². The smallest absolute Gasteiger partial charge is 0.270 e. The number of benzene rings is 1. The lowest BCUT2D eigenvalue weighted by Gasteiger charge is -2.22. The molecule has 1 aromatic carbocycles. The van der Waals surface area contributed by atoms with Crippen molar-refractivity contribution in [2.24, 2.45) is 0 Å². The fourth-order valence-electron chi connectivity index (χ4n) is 2.72. The second-order valence-corrected chi connectivity index (χ2v) is 7.37. The van der Waals surface area contributed by atoms with Crippen molar-refractivity contribution in [2.45, 2.75) is 19.4 Å². The molecule has 3 aromatic rings. The summed E-state index contributed by atoms with van der Waals surface area (Å²) in [5.41, 5.74) is 1.66. The third-order valence-corrected chi connectivity index (χ3v) is 5.00. The number of nitrogens with zero attached hydrogens (tertiary/aromatic N) is 2. The van der Waals surface area contributed by atoms with E-state index >= 15 is 0 Å². The van der Waals surface area contributed by atoms with Crippen LogP contribution in [0.2, 0.25) is 0 Å². The van der Waals surface area contributed by atoms with Crippen LogP contribution in [0.4, 0.5) is 0 Å². The summed E-state index contributed by atoms with van der Waals surface area (Å²) in [6, 6.07) is 14.0. The molecule has 1 amide bonds. The van der Waals surface area contributed by atoms with Crippen LogP contribution in [0.15, 0.2) is 52.3 Å². The van der Waals surface area contributed by atoms with Gasteiger partial charge in [0.2, 0.25) is 0 Å². The Morgan fingerprint density at radius 1 is 1.23 bits per heavy atom. The molecule has 2 aromatic heterocycles. The number of aromatic nitrogens is 1. The summed E-state index contributed by atoms with van der Waals surface area (Å²) in [7, 11) is 3.94. The summed E-state index contributed by atoms with van der Waals surface area (Å²) in [4.78, 5) is 19.0. The lowest BCUT2D eigenvalue weighted by Crippen LogP contribution is -2.34. The van der Waals surface area contributed by atoms with Crippen LogP contribution in [0.25, 0.3) is 0 Å².